The standard InChI is InChI=1S/C18H24N7O3S2/c1-12-9-14(20-19-12)17-22-29-18-15(24-5-3-4-8-30(24,26)27)10-16(21-25(17)18)23-6-7-28-11-13(23)2/h9-10,13H,3-8,11H2,1-2H3,(H,19,20)/q+1/t13-/m1/s1. The summed E-state index contributed by atoms with van der Waals surface area (Å²) in [6.45, 7) is 6.37. The number of H-pyrrole nitrogens is 1. The van der Waals surface area contributed by atoms with Gasteiger partial charge in [-0.1, -0.05) is 9.61 Å². The van der Waals surface area contributed by atoms with Crippen LogP contribution in [0.25, 0.3) is 16.3 Å². The molecule has 0 aliphatic carbocycles. The molecule has 0 aromatic carbocycles. The van der Waals surface area contributed by atoms with Gasteiger partial charge in [0, 0.05) is 23.5 Å². The minimum Gasteiger partial charge on any atom is -0.377 e. The molecular weight excluding hydrogens is 426 g/mol. The summed E-state index contributed by atoms with van der Waals surface area (Å²) in [5.74, 6) is 1.50. The molecule has 10 nitrogen and oxygen atoms in total. The van der Waals surface area contributed by atoms with Crippen LogP contribution in [0.5, 0.6) is 0 Å². The highest BCUT2D eigenvalue weighted by Crippen LogP contribution is 2.32. The molecule has 0 spiro atoms. The normalized spacial score (nSPS) is 22.0. The van der Waals surface area contributed by atoms with Gasteiger partial charge < -0.3 is 9.64 Å². The molecule has 0 saturated carbocycles. The fourth-order valence-corrected chi connectivity index (χ4v) is 6.48. The van der Waals surface area contributed by atoms with Gasteiger partial charge in [-0.05, 0) is 32.8 Å². The monoisotopic (exact) mass is 450 g/mol. The summed E-state index contributed by atoms with van der Waals surface area (Å²) in [6, 6.07) is 3.93. The van der Waals surface area contributed by atoms with E-state index in [0.29, 0.717) is 49.1 Å². The van der Waals surface area contributed by atoms with Crippen molar-refractivity contribution in [3.8, 4) is 11.5 Å². The lowest BCUT2D eigenvalue weighted by Gasteiger charge is -2.34. The fourth-order valence-electron chi connectivity index (χ4n) is 3.97. The average Bonchev–Trinajstić information content (AvgIpc) is 3.33. The van der Waals surface area contributed by atoms with E-state index in [-0.39, 0.29) is 11.8 Å². The van der Waals surface area contributed by atoms with Crippen molar-refractivity contribution in [1.29, 1.82) is 0 Å². The molecule has 5 rings (SSSR count). The Bertz CT molecular complexity index is 1190. The Morgan fingerprint density at radius 3 is 2.90 bits per heavy atom. The summed E-state index contributed by atoms with van der Waals surface area (Å²) in [5.41, 5.74) is 2.23. The number of nitrogens with zero attached hydrogens (tertiary/aromatic N) is 6. The molecule has 3 aromatic rings. The van der Waals surface area contributed by atoms with Gasteiger partial charge in [-0.2, -0.15) is 5.10 Å². The van der Waals surface area contributed by atoms with Gasteiger partial charge in [-0.15, -0.1) is 0 Å². The van der Waals surface area contributed by atoms with E-state index in [1.165, 1.54) is 15.8 Å². The van der Waals surface area contributed by atoms with Crippen LogP contribution in [-0.4, -0.2) is 66.2 Å². The molecule has 2 aliphatic heterocycles. The first-order chi connectivity index (χ1) is 14.4. The predicted octanol–water partition coefficient (Wildman–Crippen LogP) is 1.13. The van der Waals surface area contributed by atoms with E-state index in [9.17, 15) is 8.42 Å². The molecule has 2 fully saturated rings. The highest BCUT2D eigenvalue weighted by atomic mass is 32.2. The first kappa shape index (κ1) is 19.6. The van der Waals surface area contributed by atoms with Gasteiger partial charge in [0.2, 0.25) is 10.0 Å². The van der Waals surface area contributed by atoms with Crippen LogP contribution >= 0.6 is 11.5 Å². The zero-order chi connectivity index (χ0) is 20.9. The van der Waals surface area contributed by atoms with Crippen LogP contribution in [-0.2, 0) is 14.8 Å². The molecule has 30 heavy (non-hydrogen) atoms. The van der Waals surface area contributed by atoms with Gasteiger partial charge in [-0.3, -0.25) is 9.40 Å². The zero-order valence-electron chi connectivity index (χ0n) is 16.9. The van der Waals surface area contributed by atoms with E-state index < -0.39 is 10.0 Å². The number of sulfonamides is 1. The van der Waals surface area contributed by atoms with E-state index in [2.05, 4.69) is 26.4 Å². The summed E-state index contributed by atoms with van der Waals surface area (Å²) in [6.07, 6.45) is 1.53. The number of hydrogen-bond acceptors (Lipinski definition) is 8. The van der Waals surface area contributed by atoms with Crippen LogP contribution < -0.4 is 13.7 Å². The number of rotatable bonds is 3. The maximum Gasteiger partial charge on any atom is 0.389 e. The lowest BCUT2D eigenvalue weighted by atomic mass is 10.2. The van der Waals surface area contributed by atoms with Crippen molar-refractivity contribution in [2.24, 2.45) is 0 Å². The second kappa shape index (κ2) is 7.43. The third kappa shape index (κ3) is 3.32. The van der Waals surface area contributed by atoms with Crippen molar-refractivity contribution in [3.05, 3.63) is 17.8 Å². The van der Waals surface area contributed by atoms with Crippen molar-refractivity contribution in [1.82, 2.24) is 19.7 Å². The predicted molar refractivity (Wildman–Crippen MR) is 113 cm³/mol. The van der Waals surface area contributed by atoms with E-state index in [1.54, 1.807) is 4.52 Å². The molecular formula is C18H24N7O3S2+. The van der Waals surface area contributed by atoms with E-state index in [1.807, 2.05) is 19.1 Å². The number of aryl methyl sites for hydroxylation is 1. The highest BCUT2D eigenvalue weighted by Gasteiger charge is 2.34. The van der Waals surface area contributed by atoms with Gasteiger partial charge in [0.15, 0.2) is 11.5 Å². The fraction of sp³-hybridized carbons (Fsp3) is 0.556. The Hall–Kier alpha value is -2.31. The first-order valence-corrected chi connectivity index (χ1v) is 12.4. The van der Waals surface area contributed by atoms with Crippen LogP contribution in [0.4, 0.5) is 11.5 Å². The number of aromatic nitrogens is 5. The Morgan fingerprint density at radius 2 is 2.17 bits per heavy atom. The molecule has 5 heterocycles. The van der Waals surface area contributed by atoms with Crippen LogP contribution in [0.3, 0.4) is 0 Å². The summed E-state index contributed by atoms with van der Waals surface area (Å²) in [4.78, 5) is 2.86. The Balaban J connectivity index is 1.72. The van der Waals surface area contributed by atoms with Crippen LogP contribution in [0.1, 0.15) is 25.5 Å². The lowest BCUT2D eigenvalue weighted by molar-refractivity contribution is -0.565. The topological polar surface area (TPSA) is 108 Å². The number of fused-ring (bicyclic) bond motifs is 1. The molecule has 1 atom stereocenters. The Kier molecular flexibility index (Phi) is 4.86. The highest BCUT2D eigenvalue weighted by molar-refractivity contribution is 7.92. The van der Waals surface area contributed by atoms with Gasteiger partial charge in [-0.25, -0.2) is 8.42 Å². The molecule has 12 heteroatoms. The number of nitrogens with one attached hydrogen (secondary N) is 1. The van der Waals surface area contributed by atoms with Crippen molar-refractivity contribution >= 4 is 37.9 Å². The number of hydrogen-bond donors (Lipinski definition) is 1. The van der Waals surface area contributed by atoms with E-state index in [4.69, 9.17) is 9.84 Å². The summed E-state index contributed by atoms with van der Waals surface area (Å²) in [5, 5.41) is 12.1. The molecule has 160 valence electrons. The van der Waals surface area contributed by atoms with Crippen molar-refractivity contribution in [2.45, 2.75) is 32.7 Å². The number of anilines is 2. The van der Waals surface area contributed by atoms with Crippen molar-refractivity contribution in [3.63, 3.8) is 0 Å². The molecule has 0 amide bonds. The minimum absolute atomic E-state index is 0.138. The van der Waals surface area contributed by atoms with Gasteiger partial charge in [0.25, 0.3) is 4.83 Å². The van der Waals surface area contributed by atoms with Gasteiger partial charge in [0.1, 0.15) is 17.2 Å². The van der Waals surface area contributed by atoms with E-state index in [0.717, 1.165) is 23.6 Å². The van der Waals surface area contributed by atoms with Crippen molar-refractivity contribution < 1.29 is 17.7 Å². The third-order valence-corrected chi connectivity index (χ3v) is 8.20. The minimum atomic E-state index is -3.37. The SMILES string of the molecule is Cc1cc(-c2nsc3c(N4CCCCS4(=O)=O)cc(N4CCOC[C@H]4C)n[n+]23)[nH]n1. The molecule has 0 bridgehead atoms. The molecule has 1 N–H and O–H groups in total. The summed E-state index contributed by atoms with van der Waals surface area (Å²) < 4.78 is 39.2. The van der Waals surface area contributed by atoms with Gasteiger partial charge >= 0.3 is 5.82 Å². The maximum atomic E-state index is 12.9. The van der Waals surface area contributed by atoms with Crippen molar-refractivity contribution in [2.75, 3.05) is 41.3 Å². The molecule has 2 saturated heterocycles. The first-order valence-electron chi connectivity index (χ1n) is 10.0. The quantitative estimate of drug-likeness (QED) is 0.596. The molecule has 0 unspecified atom stereocenters. The summed E-state index contributed by atoms with van der Waals surface area (Å²) in [7, 11) is -3.37. The molecule has 0 radical (unpaired) electrons. The second-order valence-electron chi connectivity index (χ2n) is 7.75. The van der Waals surface area contributed by atoms with Crippen LogP contribution in [0, 0.1) is 6.92 Å². The van der Waals surface area contributed by atoms with Crippen LogP contribution in [0.15, 0.2) is 12.1 Å². The number of morpholine rings is 1. The Labute approximate surface area is 178 Å². The average molecular weight is 451 g/mol. The largest absolute Gasteiger partial charge is 0.389 e. The zero-order valence-corrected chi connectivity index (χ0v) is 18.5. The maximum absolute atomic E-state index is 12.9. The summed E-state index contributed by atoms with van der Waals surface area (Å²) >= 11 is 1.25. The molecule has 3 aromatic heterocycles. The smallest absolute Gasteiger partial charge is 0.377 e. The molecule has 2 aliphatic rings. The third-order valence-electron chi connectivity index (χ3n) is 5.53. The second-order valence-corrected chi connectivity index (χ2v) is 10.5. The van der Waals surface area contributed by atoms with Gasteiger partial charge in [0.05, 0.1) is 30.7 Å². The number of ether oxygens (including phenoxy) is 1. The number of aromatic amines is 1. The van der Waals surface area contributed by atoms with Crippen LogP contribution in [0.2, 0.25) is 0 Å². The lowest BCUT2D eigenvalue weighted by Crippen LogP contribution is -2.46. The Morgan fingerprint density at radius 1 is 1.30 bits per heavy atom. The van der Waals surface area contributed by atoms with E-state index >= 15 is 0 Å².